The average Bonchev–Trinajstić information content (AvgIpc) is 2.85. The molecule has 0 heterocycles. The van der Waals surface area contributed by atoms with Gasteiger partial charge in [-0.1, -0.05) is 13.8 Å². The third-order valence-electron chi connectivity index (χ3n) is 5.58. The first kappa shape index (κ1) is 36.5. The maximum Gasteiger partial charge on any atom is 0.326 e. The van der Waals surface area contributed by atoms with Crippen molar-refractivity contribution >= 4 is 47.5 Å². The van der Waals surface area contributed by atoms with Crippen LogP contribution in [0.15, 0.2) is 4.99 Å². The number of carboxylic acids is 3. The maximum absolute atomic E-state index is 13.0. The van der Waals surface area contributed by atoms with Gasteiger partial charge in [-0.2, -0.15) is 0 Å². The molecule has 41 heavy (non-hydrogen) atoms. The van der Waals surface area contributed by atoms with Gasteiger partial charge in [0.05, 0.1) is 12.5 Å². The molecule has 5 atom stereocenters. The van der Waals surface area contributed by atoms with Crippen molar-refractivity contribution in [3.63, 3.8) is 0 Å². The molecule has 0 bridgehead atoms. The fourth-order valence-electron chi connectivity index (χ4n) is 3.29. The van der Waals surface area contributed by atoms with Crippen LogP contribution in [0.5, 0.6) is 0 Å². The van der Waals surface area contributed by atoms with Crippen molar-refractivity contribution < 1.29 is 48.9 Å². The van der Waals surface area contributed by atoms with Gasteiger partial charge < -0.3 is 53.8 Å². The van der Waals surface area contributed by atoms with E-state index >= 15 is 0 Å². The summed E-state index contributed by atoms with van der Waals surface area (Å²) >= 11 is 0. The molecule has 0 spiro atoms. The molecular weight excluding hydrogens is 548 g/mol. The Kier molecular flexibility index (Phi) is 16.0. The van der Waals surface area contributed by atoms with Gasteiger partial charge in [0.1, 0.15) is 24.2 Å². The summed E-state index contributed by atoms with van der Waals surface area (Å²) in [6.07, 6.45) is -1.27. The number of aliphatic imine (C=N–C) groups is 1. The third kappa shape index (κ3) is 15.0. The largest absolute Gasteiger partial charge is 0.481 e. The minimum atomic E-state index is -1.68. The molecule has 0 saturated heterocycles. The lowest BCUT2D eigenvalue weighted by molar-refractivity contribution is -0.144. The zero-order chi connectivity index (χ0) is 31.9. The van der Waals surface area contributed by atoms with Crippen molar-refractivity contribution in [3.05, 3.63) is 0 Å². The van der Waals surface area contributed by atoms with E-state index in [2.05, 4.69) is 26.3 Å². The zero-order valence-corrected chi connectivity index (χ0v) is 23.1. The fraction of sp³-hybridized carbons (Fsp3) is 0.652. The second-order valence-corrected chi connectivity index (χ2v) is 9.51. The van der Waals surface area contributed by atoms with E-state index in [1.54, 1.807) is 13.8 Å². The van der Waals surface area contributed by atoms with Gasteiger partial charge in [-0.25, -0.2) is 4.79 Å². The second kappa shape index (κ2) is 18.0. The lowest BCUT2D eigenvalue weighted by Gasteiger charge is -2.26. The summed E-state index contributed by atoms with van der Waals surface area (Å²) in [6, 6.07) is -6.84. The van der Waals surface area contributed by atoms with Gasteiger partial charge in [0.15, 0.2) is 5.96 Å². The van der Waals surface area contributed by atoms with Crippen LogP contribution in [0.3, 0.4) is 0 Å². The van der Waals surface area contributed by atoms with Crippen LogP contribution in [0.1, 0.15) is 52.9 Å². The fourth-order valence-corrected chi connectivity index (χ4v) is 3.29. The number of nitrogens with zero attached hydrogens (tertiary/aromatic N) is 1. The summed E-state index contributed by atoms with van der Waals surface area (Å²) in [7, 11) is 0. The van der Waals surface area contributed by atoms with Crippen LogP contribution in [0.4, 0.5) is 0 Å². The van der Waals surface area contributed by atoms with Gasteiger partial charge in [0, 0.05) is 13.0 Å². The lowest BCUT2D eigenvalue weighted by Crippen LogP contribution is -2.59. The van der Waals surface area contributed by atoms with Gasteiger partial charge in [0.2, 0.25) is 23.6 Å². The van der Waals surface area contributed by atoms with Crippen molar-refractivity contribution in [1.82, 2.24) is 21.3 Å². The Morgan fingerprint density at radius 3 is 1.80 bits per heavy atom. The van der Waals surface area contributed by atoms with Gasteiger partial charge in [0.25, 0.3) is 0 Å². The highest BCUT2D eigenvalue weighted by Crippen LogP contribution is 2.06. The van der Waals surface area contributed by atoms with Gasteiger partial charge >= 0.3 is 17.9 Å². The number of aliphatic carboxylic acids is 3. The molecule has 0 aliphatic rings. The number of carbonyl (C=O) groups is 7. The van der Waals surface area contributed by atoms with E-state index in [4.69, 9.17) is 22.3 Å². The summed E-state index contributed by atoms with van der Waals surface area (Å²) < 4.78 is 0. The van der Waals surface area contributed by atoms with E-state index < -0.39 is 96.9 Å². The molecule has 5 unspecified atom stereocenters. The first-order chi connectivity index (χ1) is 19.0. The highest BCUT2D eigenvalue weighted by Gasteiger charge is 2.32. The van der Waals surface area contributed by atoms with E-state index in [-0.39, 0.29) is 18.9 Å². The highest BCUT2D eigenvalue weighted by molar-refractivity contribution is 5.96. The number of nitrogens with two attached hydrogens (primary N) is 3. The molecule has 18 heteroatoms. The Labute approximate surface area is 235 Å². The average molecular weight is 589 g/mol. The molecule has 0 fully saturated rings. The van der Waals surface area contributed by atoms with Crippen molar-refractivity contribution in [3.8, 4) is 0 Å². The molecule has 13 N–H and O–H groups in total. The molecule has 232 valence electrons. The van der Waals surface area contributed by atoms with Gasteiger partial charge in [-0.05, 0) is 32.1 Å². The molecule has 0 aliphatic heterocycles. The number of hydrogen-bond acceptors (Lipinski definition) is 9. The van der Waals surface area contributed by atoms with Crippen LogP contribution in [0.2, 0.25) is 0 Å². The summed E-state index contributed by atoms with van der Waals surface area (Å²) in [4.78, 5) is 87.8. The Balaban J connectivity index is 5.38. The normalized spacial score (nSPS) is 14.4. The number of carbonyl (C=O) groups excluding carboxylic acids is 4. The molecule has 0 aromatic heterocycles. The first-order valence-electron chi connectivity index (χ1n) is 12.6. The number of nitrogens with one attached hydrogen (secondary N) is 4. The smallest absolute Gasteiger partial charge is 0.326 e. The standard InChI is InChI=1S/C23H40N8O10/c1-10(2)17(31-19(37)12(24)5-4-8-27-23(25)26)21(39)30-14(9-16(34)35)20(38)28-11(3)18(36)29-13(22(40)41)6-7-15(32)33/h10-14,17H,4-9,24H2,1-3H3,(H,28,38)(H,29,36)(H,30,39)(H,31,37)(H,32,33)(H,34,35)(H,40,41)(H4,25,26,27). The second-order valence-electron chi connectivity index (χ2n) is 9.51. The van der Waals surface area contributed by atoms with Crippen molar-refractivity contribution in [2.45, 2.75) is 83.1 Å². The quantitative estimate of drug-likeness (QED) is 0.0396. The Morgan fingerprint density at radius 2 is 1.32 bits per heavy atom. The minimum Gasteiger partial charge on any atom is -0.481 e. The number of amides is 4. The molecule has 0 aromatic carbocycles. The van der Waals surface area contributed by atoms with Crippen LogP contribution < -0.4 is 38.5 Å². The van der Waals surface area contributed by atoms with Gasteiger partial charge in [-0.3, -0.25) is 33.8 Å². The topological polar surface area (TPSA) is 319 Å². The number of guanidine groups is 1. The highest BCUT2D eigenvalue weighted by atomic mass is 16.4. The predicted octanol–water partition coefficient (Wildman–Crippen LogP) is -3.59. The summed E-state index contributed by atoms with van der Waals surface area (Å²) in [5, 5.41) is 36.2. The number of hydrogen-bond donors (Lipinski definition) is 10. The minimum absolute atomic E-state index is 0.116. The van der Waals surface area contributed by atoms with E-state index in [0.29, 0.717) is 6.42 Å². The van der Waals surface area contributed by atoms with Crippen molar-refractivity contribution in [1.29, 1.82) is 0 Å². The van der Waals surface area contributed by atoms with E-state index in [1.165, 1.54) is 6.92 Å². The number of rotatable bonds is 19. The first-order valence-corrected chi connectivity index (χ1v) is 12.6. The van der Waals surface area contributed by atoms with Crippen LogP contribution in [-0.2, 0) is 33.6 Å². The monoisotopic (exact) mass is 588 g/mol. The lowest BCUT2D eigenvalue weighted by atomic mass is 10.0. The maximum atomic E-state index is 13.0. The Bertz CT molecular complexity index is 999. The molecule has 0 aromatic rings. The van der Waals surface area contributed by atoms with E-state index in [0.717, 1.165) is 0 Å². The Morgan fingerprint density at radius 1 is 0.732 bits per heavy atom. The zero-order valence-electron chi connectivity index (χ0n) is 23.1. The molecule has 18 nitrogen and oxygen atoms in total. The Hall–Kier alpha value is -4.48. The van der Waals surface area contributed by atoms with E-state index in [1.807, 2.05) is 0 Å². The third-order valence-corrected chi connectivity index (χ3v) is 5.58. The molecular formula is C23H40N8O10. The van der Waals surface area contributed by atoms with Crippen LogP contribution in [-0.4, -0.2) is 99.6 Å². The predicted molar refractivity (Wildman–Crippen MR) is 143 cm³/mol. The van der Waals surface area contributed by atoms with Gasteiger partial charge in [-0.15, -0.1) is 0 Å². The molecule has 0 rings (SSSR count). The summed E-state index contributed by atoms with van der Waals surface area (Å²) in [6.45, 7) is 4.60. The molecule has 4 amide bonds. The SMILES string of the molecule is CC(NC(=O)C(CC(=O)O)NC(=O)C(NC(=O)C(N)CCCN=C(N)N)C(C)C)C(=O)NC(CCC(=O)O)C(=O)O. The number of carboxylic acid groups (broad SMARTS) is 3. The molecule has 0 saturated carbocycles. The van der Waals surface area contributed by atoms with Crippen LogP contribution in [0, 0.1) is 5.92 Å². The summed E-state index contributed by atoms with van der Waals surface area (Å²) in [5.74, 6) is -8.49. The summed E-state index contributed by atoms with van der Waals surface area (Å²) in [5.41, 5.74) is 16.3. The van der Waals surface area contributed by atoms with Crippen LogP contribution >= 0.6 is 0 Å². The molecule has 0 radical (unpaired) electrons. The van der Waals surface area contributed by atoms with E-state index in [9.17, 15) is 43.8 Å². The van der Waals surface area contributed by atoms with Crippen molar-refractivity contribution in [2.75, 3.05) is 6.54 Å². The van der Waals surface area contributed by atoms with Crippen molar-refractivity contribution in [2.24, 2.45) is 28.1 Å². The van der Waals surface area contributed by atoms with Crippen LogP contribution in [0.25, 0.3) is 0 Å². The molecule has 0 aliphatic carbocycles.